The standard InChI is InChI=1S/C9H7Cl2F2N/c10-7-3-6(4-8(11)14-7)9(12,13)5-1-2-5/h3-5H,1-2H2. The molecule has 1 aliphatic carbocycles. The molecule has 1 aliphatic rings. The van der Waals surface area contributed by atoms with Gasteiger partial charge in [-0.25, -0.2) is 13.8 Å². The van der Waals surface area contributed by atoms with Crippen LogP contribution in [0.4, 0.5) is 8.78 Å². The molecule has 0 bridgehead atoms. The van der Waals surface area contributed by atoms with Gasteiger partial charge in [0, 0.05) is 11.5 Å². The molecule has 14 heavy (non-hydrogen) atoms. The van der Waals surface area contributed by atoms with E-state index in [4.69, 9.17) is 23.2 Å². The first-order valence-electron chi connectivity index (χ1n) is 4.21. The van der Waals surface area contributed by atoms with Gasteiger partial charge < -0.3 is 0 Å². The number of hydrogen-bond acceptors (Lipinski definition) is 1. The van der Waals surface area contributed by atoms with Crippen molar-refractivity contribution in [3.63, 3.8) is 0 Å². The monoisotopic (exact) mass is 237 g/mol. The van der Waals surface area contributed by atoms with Crippen LogP contribution in [0.3, 0.4) is 0 Å². The number of rotatable bonds is 2. The lowest BCUT2D eigenvalue weighted by atomic mass is 10.1. The zero-order valence-corrected chi connectivity index (χ0v) is 8.62. The fourth-order valence-corrected chi connectivity index (χ4v) is 1.80. The van der Waals surface area contributed by atoms with Gasteiger partial charge in [0.1, 0.15) is 10.3 Å². The van der Waals surface area contributed by atoms with E-state index in [2.05, 4.69) is 4.98 Å². The zero-order valence-electron chi connectivity index (χ0n) is 7.11. The molecule has 0 spiro atoms. The number of aromatic nitrogens is 1. The van der Waals surface area contributed by atoms with Gasteiger partial charge in [-0.3, -0.25) is 0 Å². The van der Waals surface area contributed by atoms with Gasteiger partial charge in [-0.1, -0.05) is 23.2 Å². The van der Waals surface area contributed by atoms with Crippen molar-refractivity contribution < 1.29 is 8.78 Å². The summed E-state index contributed by atoms with van der Waals surface area (Å²) in [5, 5.41) is 0.0145. The first-order chi connectivity index (χ1) is 6.50. The Hall–Kier alpha value is -0.410. The molecule has 5 heteroatoms. The summed E-state index contributed by atoms with van der Waals surface area (Å²) in [6.07, 6.45) is 1.12. The van der Waals surface area contributed by atoms with Gasteiger partial charge in [0.05, 0.1) is 0 Å². The molecule has 76 valence electrons. The van der Waals surface area contributed by atoms with Crippen molar-refractivity contribution in [2.24, 2.45) is 5.92 Å². The zero-order chi connectivity index (χ0) is 10.3. The van der Waals surface area contributed by atoms with E-state index >= 15 is 0 Å². The summed E-state index contributed by atoms with van der Waals surface area (Å²) < 4.78 is 27.1. The van der Waals surface area contributed by atoms with Gasteiger partial charge in [-0.2, -0.15) is 0 Å². The third-order valence-electron chi connectivity index (χ3n) is 2.24. The molecular formula is C9H7Cl2F2N. The van der Waals surface area contributed by atoms with Crippen LogP contribution in [-0.4, -0.2) is 4.98 Å². The van der Waals surface area contributed by atoms with Crippen molar-refractivity contribution in [3.8, 4) is 0 Å². The van der Waals surface area contributed by atoms with Gasteiger partial charge in [0.15, 0.2) is 0 Å². The molecule has 1 aromatic heterocycles. The van der Waals surface area contributed by atoms with E-state index in [1.807, 2.05) is 0 Å². The first kappa shape index (κ1) is 10.1. The molecule has 1 aromatic rings. The van der Waals surface area contributed by atoms with Crippen LogP contribution in [0.5, 0.6) is 0 Å². The average Bonchev–Trinajstić information content (AvgIpc) is 2.83. The molecule has 0 unspecified atom stereocenters. The Balaban J connectivity index is 2.39. The summed E-state index contributed by atoms with van der Waals surface area (Å²) in [7, 11) is 0. The van der Waals surface area contributed by atoms with E-state index in [0.29, 0.717) is 12.8 Å². The maximum absolute atomic E-state index is 13.6. The third kappa shape index (κ3) is 1.84. The molecular weight excluding hydrogens is 231 g/mol. The highest BCUT2D eigenvalue weighted by atomic mass is 35.5. The highest BCUT2D eigenvalue weighted by Crippen LogP contribution is 2.50. The summed E-state index contributed by atoms with van der Waals surface area (Å²) in [5.41, 5.74) is -0.134. The van der Waals surface area contributed by atoms with E-state index in [-0.39, 0.29) is 15.9 Å². The maximum atomic E-state index is 13.6. The van der Waals surface area contributed by atoms with Crippen molar-refractivity contribution in [3.05, 3.63) is 28.0 Å². The van der Waals surface area contributed by atoms with E-state index in [1.54, 1.807) is 0 Å². The lowest BCUT2D eigenvalue weighted by molar-refractivity contribution is -0.0286. The Labute approximate surface area is 90.0 Å². The maximum Gasteiger partial charge on any atom is 0.276 e. The van der Waals surface area contributed by atoms with Crippen LogP contribution >= 0.6 is 23.2 Å². The number of nitrogens with zero attached hydrogens (tertiary/aromatic N) is 1. The Kier molecular flexibility index (Phi) is 2.40. The fraction of sp³-hybridized carbons (Fsp3) is 0.444. The number of alkyl halides is 2. The molecule has 0 amide bonds. The Morgan fingerprint density at radius 1 is 1.21 bits per heavy atom. The highest BCUT2D eigenvalue weighted by molar-refractivity contribution is 6.32. The van der Waals surface area contributed by atoms with Crippen LogP contribution < -0.4 is 0 Å². The molecule has 0 N–H and O–H groups in total. The molecule has 1 saturated carbocycles. The second-order valence-electron chi connectivity index (χ2n) is 3.40. The van der Waals surface area contributed by atoms with Crippen molar-refractivity contribution in [1.29, 1.82) is 0 Å². The SMILES string of the molecule is FC(F)(c1cc(Cl)nc(Cl)c1)C1CC1. The Morgan fingerprint density at radius 3 is 2.14 bits per heavy atom. The van der Waals surface area contributed by atoms with Crippen LogP contribution in [-0.2, 0) is 5.92 Å². The molecule has 1 heterocycles. The summed E-state index contributed by atoms with van der Waals surface area (Å²) in [6.45, 7) is 0. The predicted molar refractivity (Wildman–Crippen MR) is 50.9 cm³/mol. The lowest BCUT2D eigenvalue weighted by Gasteiger charge is -2.15. The van der Waals surface area contributed by atoms with Crippen LogP contribution in [0.2, 0.25) is 10.3 Å². The largest absolute Gasteiger partial charge is 0.276 e. The minimum Gasteiger partial charge on any atom is -0.224 e. The van der Waals surface area contributed by atoms with Crippen molar-refractivity contribution in [2.45, 2.75) is 18.8 Å². The second-order valence-corrected chi connectivity index (χ2v) is 4.17. The first-order valence-corrected chi connectivity index (χ1v) is 4.97. The van der Waals surface area contributed by atoms with Crippen molar-refractivity contribution in [1.82, 2.24) is 4.98 Å². The second kappa shape index (κ2) is 3.31. The van der Waals surface area contributed by atoms with Crippen molar-refractivity contribution in [2.75, 3.05) is 0 Å². The van der Waals surface area contributed by atoms with Crippen molar-refractivity contribution >= 4 is 23.2 Å². The Bertz CT molecular complexity index is 344. The lowest BCUT2D eigenvalue weighted by Crippen LogP contribution is -2.16. The topological polar surface area (TPSA) is 12.9 Å². The fourth-order valence-electron chi connectivity index (χ4n) is 1.34. The summed E-state index contributed by atoms with van der Waals surface area (Å²) in [6, 6.07) is 2.34. The molecule has 0 aliphatic heterocycles. The van der Waals surface area contributed by atoms with Crippen LogP contribution in [0, 0.1) is 5.92 Å². The summed E-state index contributed by atoms with van der Waals surface area (Å²) in [5.74, 6) is -3.38. The molecule has 2 rings (SSSR count). The normalized spacial score (nSPS) is 17.1. The van der Waals surface area contributed by atoms with E-state index in [9.17, 15) is 8.78 Å². The summed E-state index contributed by atoms with van der Waals surface area (Å²) in [4.78, 5) is 3.63. The highest BCUT2D eigenvalue weighted by Gasteiger charge is 2.48. The predicted octanol–water partition coefficient (Wildman–Crippen LogP) is 3.89. The van der Waals surface area contributed by atoms with Gasteiger partial charge in [0.2, 0.25) is 0 Å². The van der Waals surface area contributed by atoms with E-state index in [1.165, 1.54) is 12.1 Å². The van der Waals surface area contributed by atoms with Gasteiger partial charge >= 0.3 is 0 Å². The Morgan fingerprint density at radius 2 is 1.71 bits per heavy atom. The van der Waals surface area contributed by atoms with Crippen LogP contribution in [0.25, 0.3) is 0 Å². The van der Waals surface area contributed by atoms with Gasteiger partial charge in [-0.05, 0) is 25.0 Å². The minimum atomic E-state index is -2.82. The average molecular weight is 238 g/mol. The van der Waals surface area contributed by atoms with Gasteiger partial charge in [-0.15, -0.1) is 0 Å². The summed E-state index contributed by atoms with van der Waals surface area (Å²) >= 11 is 11.1. The van der Waals surface area contributed by atoms with E-state index < -0.39 is 11.8 Å². The molecule has 0 saturated heterocycles. The van der Waals surface area contributed by atoms with Crippen LogP contribution in [0.1, 0.15) is 18.4 Å². The third-order valence-corrected chi connectivity index (χ3v) is 2.63. The number of hydrogen-bond donors (Lipinski definition) is 0. The smallest absolute Gasteiger partial charge is 0.224 e. The quantitative estimate of drug-likeness (QED) is 0.712. The number of pyridine rings is 1. The molecule has 1 nitrogen and oxygen atoms in total. The molecule has 0 atom stereocenters. The van der Waals surface area contributed by atoms with Gasteiger partial charge in [0.25, 0.3) is 5.92 Å². The van der Waals surface area contributed by atoms with E-state index in [0.717, 1.165) is 0 Å². The molecule has 1 fully saturated rings. The minimum absolute atomic E-state index is 0.00725. The number of halogens is 4. The molecule has 0 aromatic carbocycles. The van der Waals surface area contributed by atoms with Crippen LogP contribution in [0.15, 0.2) is 12.1 Å². The molecule has 0 radical (unpaired) electrons.